The number of alkyl halides is 3. The van der Waals surface area contributed by atoms with Crippen LogP contribution in [0.1, 0.15) is 34.3 Å². The summed E-state index contributed by atoms with van der Waals surface area (Å²) in [5.41, 5.74) is -1.21. The Morgan fingerprint density at radius 3 is 2.19 bits per heavy atom. The summed E-state index contributed by atoms with van der Waals surface area (Å²) in [6.45, 7) is 0.270. The van der Waals surface area contributed by atoms with Crippen LogP contribution in [0.2, 0.25) is 0 Å². The molecule has 1 spiro atoms. The lowest BCUT2D eigenvalue weighted by Crippen LogP contribution is -2.66. The molecule has 4 amide bonds. The third-order valence-electron chi connectivity index (χ3n) is 9.60. The third-order valence-corrected chi connectivity index (χ3v) is 9.60. The fourth-order valence-electron chi connectivity index (χ4n) is 6.72. The second-order valence-corrected chi connectivity index (χ2v) is 12.9. The predicted molar refractivity (Wildman–Crippen MR) is 166 cm³/mol. The summed E-state index contributed by atoms with van der Waals surface area (Å²) in [5.74, 6) is -3.33. The molecular weight excluding hydrogens is 629 g/mol. The van der Waals surface area contributed by atoms with Crippen molar-refractivity contribution in [3.8, 4) is 0 Å². The van der Waals surface area contributed by atoms with E-state index in [0.29, 0.717) is 12.1 Å². The Morgan fingerprint density at radius 2 is 1.58 bits per heavy atom. The first-order chi connectivity index (χ1) is 22.9. The lowest BCUT2D eigenvalue weighted by molar-refractivity contribution is -0.205. The molecule has 1 aliphatic carbocycles. The van der Waals surface area contributed by atoms with E-state index in [-0.39, 0.29) is 52.2 Å². The Labute approximate surface area is 275 Å². The van der Waals surface area contributed by atoms with Crippen LogP contribution in [0.4, 0.5) is 13.2 Å². The first kappa shape index (κ1) is 33.2. The number of hydrogen-bond acceptors (Lipinski definition) is 6. The van der Waals surface area contributed by atoms with Crippen LogP contribution < -0.4 is 10.6 Å². The molecule has 2 aliphatic heterocycles. The van der Waals surface area contributed by atoms with E-state index in [0.717, 1.165) is 16.0 Å². The highest BCUT2D eigenvalue weighted by atomic mass is 19.4. The minimum atomic E-state index is -4.66. The van der Waals surface area contributed by atoms with Crippen LogP contribution in [-0.4, -0.2) is 95.3 Å². The first-order valence-corrected chi connectivity index (χ1v) is 15.8. The number of halogens is 3. The molecule has 3 aliphatic rings. The van der Waals surface area contributed by atoms with E-state index in [4.69, 9.17) is 4.74 Å². The number of hydrogen-bond donors (Lipinski definition) is 2. The molecule has 11 nitrogen and oxygen atoms in total. The van der Waals surface area contributed by atoms with Gasteiger partial charge in [0.2, 0.25) is 17.7 Å². The molecule has 48 heavy (non-hydrogen) atoms. The van der Waals surface area contributed by atoms with Crippen LogP contribution in [-0.2, 0) is 32.3 Å². The average Bonchev–Trinajstić information content (AvgIpc) is 3.61. The summed E-state index contributed by atoms with van der Waals surface area (Å²) in [4.78, 5) is 56.0. The van der Waals surface area contributed by atoms with Gasteiger partial charge in [0.25, 0.3) is 5.91 Å². The van der Waals surface area contributed by atoms with Crippen LogP contribution in [0.3, 0.4) is 0 Å². The van der Waals surface area contributed by atoms with Crippen LogP contribution in [0.25, 0.3) is 0 Å². The molecule has 2 atom stereocenters. The standard InChI is InChI=1S/C34H37F3N6O5/c1-38-29(45)27(19-48-18-24-10-6-3-7-11-24)40-28(44)26-17-41(30(46)25-14-39-43(16-25)15-23-8-4-2-5-9-23)20-32(26)21-42(22-32)31(47)33(12-13-33)34(35,36)37/h2-11,14,16,26-27H,12-13,15,17-22H2,1H3,(H,38,45)(H,40,44)/t26-,27-/m0/s1. The zero-order valence-corrected chi connectivity index (χ0v) is 26.4. The number of benzene rings is 2. The minimum absolute atomic E-state index is 0.0474. The molecule has 2 N–H and O–H groups in total. The average molecular weight is 667 g/mol. The van der Waals surface area contributed by atoms with Crippen LogP contribution >= 0.6 is 0 Å². The van der Waals surface area contributed by atoms with Crippen LogP contribution in [0.5, 0.6) is 0 Å². The molecule has 0 radical (unpaired) electrons. The zero-order valence-electron chi connectivity index (χ0n) is 26.4. The van der Waals surface area contributed by atoms with Crippen LogP contribution in [0.15, 0.2) is 73.1 Å². The summed E-state index contributed by atoms with van der Waals surface area (Å²) in [7, 11) is 1.43. The molecule has 254 valence electrons. The molecule has 2 saturated heterocycles. The molecule has 3 fully saturated rings. The van der Waals surface area contributed by atoms with Gasteiger partial charge in [-0.3, -0.25) is 23.9 Å². The molecule has 6 rings (SSSR count). The van der Waals surface area contributed by atoms with E-state index >= 15 is 0 Å². The molecule has 0 bridgehead atoms. The van der Waals surface area contributed by atoms with Crippen molar-refractivity contribution >= 4 is 23.6 Å². The highest BCUT2D eigenvalue weighted by Crippen LogP contribution is 2.60. The van der Waals surface area contributed by atoms with E-state index in [1.165, 1.54) is 18.1 Å². The normalized spacial score (nSPS) is 19.8. The van der Waals surface area contributed by atoms with Crippen molar-refractivity contribution in [1.82, 2.24) is 30.2 Å². The summed E-state index contributed by atoms with van der Waals surface area (Å²) >= 11 is 0. The molecule has 2 aromatic carbocycles. The fraction of sp³-hybridized carbons (Fsp3) is 0.441. The number of nitrogens with zero attached hydrogens (tertiary/aromatic N) is 4. The number of likely N-dealkylation sites (N-methyl/N-ethyl adjacent to an activating group) is 1. The third kappa shape index (κ3) is 6.53. The number of aromatic nitrogens is 2. The molecule has 14 heteroatoms. The topological polar surface area (TPSA) is 126 Å². The van der Waals surface area contributed by atoms with Gasteiger partial charge in [0, 0.05) is 44.8 Å². The SMILES string of the molecule is CNC(=O)[C@H](COCc1ccccc1)NC(=O)[C@@H]1CN(C(=O)c2cnn(Cc3ccccc3)c2)CC12CN(C(=O)C1(C(F)(F)F)CC1)C2. The molecule has 3 heterocycles. The van der Waals surface area contributed by atoms with Crippen molar-refractivity contribution in [2.24, 2.45) is 16.7 Å². The van der Waals surface area contributed by atoms with Crippen molar-refractivity contribution in [3.05, 3.63) is 89.7 Å². The maximum atomic E-state index is 13.9. The van der Waals surface area contributed by atoms with E-state index in [2.05, 4.69) is 15.7 Å². The second-order valence-electron chi connectivity index (χ2n) is 12.9. The van der Waals surface area contributed by atoms with E-state index in [1.807, 2.05) is 60.7 Å². The molecule has 0 unspecified atom stereocenters. The number of amides is 4. The Balaban J connectivity index is 1.18. The monoisotopic (exact) mass is 666 g/mol. The lowest BCUT2D eigenvalue weighted by atomic mass is 9.70. The quantitative estimate of drug-likeness (QED) is 0.324. The highest BCUT2D eigenvalue weighted by Gasteiger charge is 2.71. The Hall–Kier alpha value is -4.72. The van der Waals surface area contributed by atoms with E-state index < -0.39 is 52.6 Å². The zero-order chi connectivity index (χ0) is 34.1. The van der Waals surface area contributed by atoms with Gasteiger partial charge in [0.1, 0.15) is 11.5 Å². The van der Waals surface area contributed by atoms with Gasteiger partial charge in [-0.1, -0.05) is 60.7 Å². The Bertz CT molecular complexity index is 1650. The predicted octanol–water partition coefficient (Wildman–Crippen LogP) is 2.62. The van der Waals surface area contributed by atoms with Gasteiger partial charge in [0.15, 0.2) is 0 Å². The summed E-state index contributed by atoms with van der Waals surface area (Å²) in [6, 6.07) is 17.8. The summed E-state index contributed by atoms with van der Waals surface area (Å²) in [6.07, 6.45) is -2.15. The van der Waals surface area contributed by atoms with Crippen molar-refractivity contribution < 1.29 is 37.1 Å². The van der Waals surface area contributed by atoms with Crippen molar-refractivity contribution in [3.63, 3.8) is 0 Å². The maximum Gasteiger partial charge on any atom is 0.403 e. The lowest BCUT2D eigenvalue weighted by Gasteiger charge is -2.51. The number of likely N-dealkylation sites (tertiary alicyclic amines) is 2. The smallest absolute Gasteiger partial charge is 0.374 e. The van der Waals surface area contributed by atoms with Gasteiger partial charge < -0.3 is 25.2 Å². The Morgan fingerprint density at radius 1 is 0.958 bits per heavy atom. The number of carbonyl (C=O) groups excluding carboxylic acids is 4. The van der Waals surface area contributed by atoms with Crippen molar-refractivity contribution in [1.29, 1.82) is 0 Å². The van der Waals surface area contributed by atoms with Crippen molar-refractivity contribution in [2.75, 3.05) is 39.8 Å². The number of ether oxygens (including phenoxy) is 1. The first-order valence-electron chi connectivity index (χ1n) is 15.8. The largest absolute Gasteiger partial charge is 0.403 e. The second kappa shape index (κ2) is 13.1. The van der Waals surface area contributed by atoms with Crippen LogP contribution in [0, 0.1) is 16.7 Å². The van der Waals surface area contributed by atoms with E-state index in [9.17, 15) is 32.3 Å². The van der Waals surface area contributed by atoms with Gasteiger partial charge in [-0.15, -0.1) is 0 Å². The van der Waals surface area contributed by atoms with Gasteiger partial charge in [-0.2, -0.15) is 18.3 Å². The number of carbonyl (C=O) groups is 4. The molecule has 1 aromatic heterocycles. The highest BCUT2D eigenvalue weighted by molar-refractivity contribution is 5.96. The molecule has 1 saturated carbocycles. The van der Waals surface area contributed by atoms with Gasteiger partial charge in [0.05, 0.1) is 37.4 Å². The summed E-state index contributed by atoms with van der Waals surface area (Å²) < 4.78 is 48.7. The number of rotatable bonds is 11. The minimum Gasteiger partial charge on any atom is -0.374 e. The number of nitrogens with one attached hydrogen (secondary N) is 2. The van der Waals surface area contributed by atoms with Gasteiger partial charge in [-0.25, -0.2) is 0 Å². The fourth-order valence-corrected chi connectivity index (χ4v) is 6.72. The molecule has 3 aromatic rings. The Kier molecular flexibility index (Phi) is 9.03. The van der Waals surface area contributed by atoms with Gasteiger partial charge in [-0.05, 0) is 24.0 Å². The molecular formula is C34H37F3N6O5. The van der Waals surface area contributed by atoms with Crippen molar-refractivity contribution in [2.45, 2.75) is 38.2 Å². The maximum absolute atomic E-state index is 13.9. The van der Waals surface area contributed by atoms with Gasteiger partial charge >= 0.3 is 6.18 Å². The van der Waals surface area contributed by atoms with E-state index in [1.54, 1.807) is 10.9 Å². The summed E-state index contributed by atoms with van der Waals surface area (Å²) in [5, 5.41) is 9.58.